The zero-order valence-corrected chi connectivity index (χ0v) is 12.6. The topological polar surface area (TPSA) is 58.6 Å². The van der Waals surface area contributed by atoms with E-state index in [2.05, 4.69) is 12.2 Å². The quantitative estimate of drug-likeness (QED) is 0.767. The first-order valence-corrected chi connectivity index (χ1v) is 7.15. The number of carbonyl (C=O) groups is 1. The number of benzene rings is 1. The predicted molar refractivity (Wildman–Crippen MR) is 79.9 cm³/mol. The van der Waals surface area contributed by atoms with Crippen LogP contribution in [-0.4, -0.2) is 30.8 Å². The van der Waals surface area contributed by atoms with Crippen LogP contribution in [0.3, 0.4) is 0 Å². The molecular formula is C16H25NO3. The number of aryl methyl sites for hydroxylation is 1. The maximum Gasteiger partial charge on any atom is 0.257 e. The molecule has 0 aromatic heterocycles. The third kappa shape index (κ3) is 5.21. The minimum absolute atomic E-state index is 0.0276. The van der Waals surface area contributed by atoms with Crippen LogP contribution in [0, 0.1) is 19.8 Å². The summed E-state index contributed by atoms with van der Waals surface area (Å²) in [6, 6.07) is 5.81. The van der Waals surface area contributed by atoms with Gasteiger partial charge in [0.2, 0.25) is 0 Å². The second kappa shape index (κ2) is 8.59. The Morgan fingerprint density at radius 2 is 2.15 bits per heavy atom. The molecule has 0 aliphatic heterocycles. The molecule has 0 aliphatic carbocycles. The maximum absolute atomic E-state index is 11.7. The Bertz CT molecular complexity index is 432. The molecule has 1 unspecified atom stereocenters. The largest absolute Gasteiger partial charge is 0.483 e. The van der Waals surface area contributed by atoms with Crippen molar-refractivity contribution in [2.24, 2.45) is 5.92 Å². The van der Waals surface area contributed by atoms with Crippen molar-refractivity contribution in [1.82, 2.24) is 5.32 Å². The fourth-order valence-corrected chi connectivity index (χ4v) is 1.97. The predicted octanol–water partition coefficient (Wildman–Crippen LogP) is 2.21. The summed E-state index contributed by atoms with van der Waals surface area (Å²) in [5.74, 6) is 0.953. The molecule has 0 fully saturated rings. The summed E-state index contributed by atoms with van der Waals surface area (Å²) in [7, 11) is 0. The number of amides is 1. The van der Waals surface area contributed by atoms with Gasteiger partial charge in [-0.3, -0.25) is 4.79 Å². The Kier molecular flexibility index (Phi) is 7.09. The van der Waals surface area contributed by atoms with E-state index >= 15 is 0 Å². The fourth-order valence-electron chi connectivity index (χ4n) is 1.97. The van der Waals surface area contributed by atoms with Crippen molar-refractivity contribution < 1.29 is 14.6 Å². The first-order valence-electron chi connectivity index (χ1n) is 7.15. The van der Waals surface area contributed by atoms with Crippen molar-refractivity contribution in [3.63, 3.8) is 0 Å². The van der Waals surface area contributed by atoms with Crippen molar-refractivity contribution >= 4 is 5.91 Å². The third-order valence-corrected chi connectivity index (χ3v) is 3.62. The van der Waals surface area contributed by atoms with Gasteiger partial charge in [0, 0.05) is 13.2 Å². The van der Waals surface area contributed by atoms with Crippen LogP contribution in [-0.2, 0) is 4.79 Å². The lowest BCUT2D eigenvalue weighted by Crippen LogP contribution is -2.33. The summed E-state index contributed by atoms with van der Waals surface area (Å²) >= 11 is 0. The van der Waals surface area contributed by atoms with E-state index in [-0.39, 0.29) is 19.1 Å². The standard InChI is InChI=1S/C16H25NO3/c1-4-14(8-9-18)10-17-16(19)11-20-15-7-5-6-12(2)13(15)3/h5-7,14,18H,4,8-11H2,1-3H3,(H,17,19). The van der Waals surface area contributed by atoms with Gasteiger partial charge in [0.25, 0.3) is 5.91 Å². The minimum Gasteiger partial charge on any atom is -0.483 e. The summed E-state index contributed by atoms with van der Waals surface area (Å²) < 4.78 is 5.54. The smallest absolute Gasteiger partial charge is 0.257 e. The van der Waals surface area contributed by atoms with Gasteiger partial charge in [-0.2, -0.15) is 0 Å². The number of hydrogen-bond donors (Lipinski definition) is 2. The molecule has 4 heteroatoms. The van der Waals surface area contributed by atoms with Crippen molar-refractivity contribution in [3.05, 3.63) is 29.3 Å². The number of ether oxygens (including phenoxy) is 1. The summed E-state index contributed by atoms with van der Waals surface area (Å²) in [5.41, 5.74) is 2.21. The van der Waals surface area contributed by atoms with Gasteiger partial charge >= 0.3 is 0 Å². The summed E-state index contributed by atoms with van der Waals surface area (Å²) in [5, 5.41) is 11.8. The lowest BCUT2D eigenvalue weighted by Gasteiger charge is -2.15. The zero-order chi connectivity index (χ0) is 15.0. The number of aliphatic hydroxyl groups is 1. The van der Waals surface area contributed by atoms with Crippen molar-refractivity contribution in [2.75, 3.05) is 19.8 Å². The molecule has 1 rings (SSSR count). The third-order valence-electron chi connectivity index (χ3n) is 3.62. The van der Waals surface area contributed by atoms with E-state index in [1.807, 2.05) is 32.0 Å². The van der Waals surface area contributed by atoms with Gasteiger partial charge in [0.15, 0.2) is 6.61 Å². The van der Waals surface area contributed by atoms with Crippen LogP contribution >= 0.6 is 0 Å². The molecule has 1 aromatic rings. The molecule has 0 spiro atoms. The molecule has 4 nitrogen and oxygen atoms in total. The molecule has 0 aliphatic rings. The van der Waals surface area contributed by atoms with Gasteiger partial charge in [0.1, 0.15) is 5.75 Å². The van der Waals surface area contributed by atoms with E-state index < -0.39 is 0 Å². The molecule has 0 saturated carbocycles. The molecule has 1 atom stereocenters. The highest BCUT2D eigenvalue weighted by atomic mass is 16.5. The Labute approximate surface area is 121 Å². The second-order valence-electron chi connectivity index (χ2n) is 5.08. The number of hydrogen-bond acceptors (Lipinski definition) is 3. The first-order chi connectivity index (χ1) is 9.58. The van der Waals surface area contributed by atoms with E-state index in [0.29, 0.717) is 18.9 Å². The van der Waals surface area contributed by atoms with Crippen LogP contribution in [0.4, 0.5) is 0 Å². The van der Waals surface area contributed by atoms with Gasteiger partial charge in [-0.15, -0.1) is 0 Å². The molecule has 0 heterocycles. The number of rotatable bonds is 8. The van der Waals surface area contributed by atoms with Crippen LogP contribution in [0.5, 0.6) is 5.75 Å². The lowest BCUT2D eigenvalue weighted by molar-refractivity contribution is -0.123. The molecule has 2 N–H and O–H groups in total. The molecule has 0 bridgehead atoms. The highest BCUT2D eigenvalue weighted by molar-refractivity contribution is 5.77. The van der Waals surface area contributed by atoms with Gasteiger partial charge < -0.3 is 15.2 Å². The Morgan fingerprint density at radius 3 is 2.80 bits per heavy atom. The van der Waals surface area contributed by atoms with Gasteiger partial charge in [0.05, 0.1) is 0 Å². The van der Waals surface area contributed by atoms with Crippen molar-refractivity contribution in [3.8, 4) is 5.75 Å². The van der Waals surface area contributed by atoms with E-state index in [4.69, 9.17) is 9.84 Å². The van der Waals surface area contributed by atoms with Crippen molar-refractivity contribution in [2.45, 2.75) is 33.6 Å². The van der Waals surface area contributed by atoms with Crippen LogP contribution in [0.2, 0.25) is 0 Å². The molecule has 0 saturated heterocycles. The average Bonchev–Trinajstić information content (AvgIpc) is 2.45. The van der Waals surface area contributed by atoms with Crippen molar-refractivity contribution in [1.29, 1.82) is 0 Å². The van der Waals surface area contributed by atoms with Crippen LogP contribution in [0.25, 0.3) is 0 Å². The number of nitrogens with one attached hydrogen (secondary N) is 1. The second-order valence-corrected chi connectivity index (χ2v) is 5.08. The fraction of sp³-hybridized carbons (Fsp3) is 0.562. The Hall–Kier alpha value is -1.55. The van der Waals surface area contributed by atoms with Crippen LogP contribution in [0.15, 0.2) is 18.2 Å². The lowest BCUT2D eigenvalue weighted by atomic mass is 10.0. The van der Waals surface area contributed by atoms with Gasteiger partial charge in [-0.1, -0.05) is 25.5 Å². The van der Waals surface area contributed by atoms with Gasteiger partial charge in [-0.05, 0) is 43.4 Å². The first kappa shape index (κ1) is 16.5. The summed E-state index contributed by atoms with van der Waals surface area (Å²) in [6.45, 7) is 6.83. The maximum atomic E-state index is 11.7. The monoisotopic (exact) mass is 279 g/mol. The van der Waals surface area contributed by atoms with E-state index in [0.717, 1.165) is 23.3 Å². The molecular weight excluding hydrogens is 254 g/mol. The molecule has 112 valence electrons. The molecule has 1 amide bonds. The molecule has 0 radical (unpaired) electrons. The molecule has 1 aromatic carbocycles. The van der Waals surface area contributed by atoms with E-state index in [1.54, 1.807) is 0 Å². The van der Waals surface area contributed by atoms with E-state index in [9.17, 15) is 4.79 Å². The Morgan fingerprint density at radius 1 is 1.40 bits per heavy atom. The van der Waals surface area contributed by atoms with Crippen LogP contribution in [0.1, 0.15) is 30.9 Å². The summed E-state index contributed by atoms with van der Waals surface area (Å²) in [6.07, 6.45) is 1.66. The number of aliphatic hydroxyl groups excluding tert-OH is 1. The minimum atomic E-state index is -0.123. The summed E-state index contributed by atoms with van der Waals surface area (Å²) in [4.78, 5) is 11.7. The SMILES string of the molecule is CCC(CCO)CNC(=O)COc1cccc(C)c1C. The molecule has 20 heavy (non-hydrogen) atoms. The van der Waals surface area contributed by atoms with Crippen LogP contribution < -0.4 is 10.1 Å². The van der Waals surface area contributed by atoms with Gasteiger partial charge in [-0.25, -0.2) is 0 Å². The average molecular weight is 279 g/mol. The normalized spacial score (nSPS) is 12.0. The number of carbonyl (C=O) groups excluding carboxylic acids is 1. The van der Waals surface area contributed by atoms with E-state index in [1.165, 1.54) is 0 Å². The Balaban J connectivity index is 2.38. The highest BCUT2D eigenvalue weighted by Crippen LogP contribution is 2.20. The highest BCUT2D eigenvalue weighted by Gasteiger charge is 2.09. The zero-order valence-electron chi connectivity index (χ0n) is 12.6.